The van der Waals surface area contributed by atoms with E-state index in [9.17, 15) is 0 Å². The molecule has 0 rings (SSSR count). The summed E-state index contributed by atoms with van der Waals surface area (Å²) in [6, 6.07) is 0. The molecule has 0 heterocycles. The van der Waals surface area contributed by atoms with Crippen LogP contribution in [-0.4, -0.2) is 12.7 Å². The second kappa shape index (κ2) is 10.0. The smallest absolute Gasteiger partial charge is 0.0571 e. The van der Waals surface area contributed by atoms with Crippen molar-refractivity contribution in [3.63, 3.8) is 0 Å². The lowest BCUT2D eigenvalue weighted by molar-refractivity contribution is 0.431. The molecule has 1 unspecified atom stereocenters. The van der Waals surface area contributed by atoms with Gasteiger partial charge >= 0.3 is 0 Å². The van der Waals surface area contributed by atoms with Crippen LogP contribution in [0.5, 0.6) is 0 Å². The molecule has 0 saturated carbocycles. The van der Waals surface area contributed by atoms with Gasteiger partial charge in [-0.2, -0.15) is 0 Å². The average molecular weight is 185 g/mol. The molecule has 2 N–H and O–H groups in total. The Morgan fingerprint density at radius 1 is 1.15 bits per heavy atom. The maximum atomic E-state index is 3.49. The van der Waals surface area contributed by atoms with Crippen LogP contribution in [0.3, 0.4) is 0 Å². The van der Waals surface area contributed by atoms with Gasteiger partial charge in [0.15, 0.2) is 0 Å². The number of hydrogen-bond acceptors (Lipinski definition) is 2. The monoisotopic (exact) mass is 185 g/mol. The second-order valence-electron chi connectivity index (χ2n) is 3.43. The largest absolute Gasteiger partial charge is 0.302 e. The predicted molar refractivity (Wildman–Crippen MR) is 59.3 cm³/mol. The summed E-state index contributed by atoms with van der Waals surface area (Å²) in [6.45, 7) is 9.92. The minimum absolute atomic E-state index is 0.470. The fourth-order valence-electron chi connectivity index (χ4n) is 1.14. The van der Waals surface area contributed by atoms with Crippen molar-refractivity contribution in [2.24, 2.45) is 0 Å². The lowest BCUT2D eigenvalue weighted by Crippen LogP contribution is -2.40. The van der Waals surface area contributed by atoms with E-state index in [0.717, 1.165) is 19.4 Å². The molecule has 0 aliphatic carbocycles. The zero-order chi connectivity index (χ0) is 9.94. The summed E-state index contributed by atoms with van der Waals surface area (Å²) in [6.07, 6.45) is 6.53. The van der Waals surface area contributed by atoms with Gasteiger partial charge in [-0.25, -0.2) is 0 Å². The van der Waals surface area contributed by atoms with Crippen molar-refractivity contribution in [3.8, 4) is 0 Å². The van der Waals surface area contributed by atoms with Gasteiger partial charge in [0.25, 0.3) is 0 Å². The van der Waals surface area contributed by atoms with Crippen LogP contribution in [-0.2, 0) is 0 Å². The Morgan fingerprint density at radius 2 is 1.92 bits per heavy atom. The maximum Gasteiger partial charge on any atom is 0.0571 e. The zero-order valence-corrected chi connectivity index (χ0v) is 9.40. The van der Waals surface area contributed by atoms with Crippen LogP contribution < -0.4 is 10.6 Å². The third kappa shape index (κ3) is 8.26. The molecule has 2 heteroatoms. The first-order chi connectivity index (χ1) is 6.35. The Kier molecular flexibility index (Phi) is 9.94. The molecular formula is C11H25N2. The zero-order valence-electron chi connectivity index (χ0n) is 9.40. The summed E-state index contributed by atoms with van der Waals surface area (Å²) in [7, 11) is 0. The minimum atomic E-state index is 0.470. The van der Waals surface area contributed by atoms with Crippen LogP contribution in [0, 0.1) is 6.54 Å². The first-order valence-electron chi connectivity index (χ1n) is 5.66. The Balaban J connectivity index is 3.28. The summed E-state index contributed by atoms with van der Waals surface area (Å²) >= 11 is 0. The van der Waals surface area contributed by atoms with Gasteiger partial charge < -0.3 is 5.32 Å². The minimum Gasteiger partial charge on any atom is -0.302 e. The van der Waals surface area contributed by atoms with Crippen LogP contribution in [0.15, 0.2) is 0 Å². The van der Waals surface area contributed by atoms with E-state index in [1.807, 2.05) is 0 Å². The summed E-state index contributed by atoms with van der Waals surface area (Å²) < 4.78 is 0. The van der Waals surface area contributed by atoms with Gasteiger partial charge in [-0.3, -0.25) is 5.32 Å². The molecule has 1 atom stereocenters. The van der Waals surface area contributed by atoms with Gasteiger partial charge in [-0.05, 0) is 25.8 Å². The highest BCUT2D eigenvalue weighted by Crippen LogP contribution is 1.93. The molecule has 0 aromatic carbocycles. The van der Waals surface area contributed by atoms with Gasteiger partial charge in [0.05, 0.1) is 6.17 Å². The van der Waals surface area contributed by atoms with Crippen molar-refractivity contribution in [2.75, 3.05) is 6.54 Å². The van der Waals surface area contributed by atoms with Crippen molar-refractivity contribution < 1.29 is 0 Å². The molecule has 0 aliphatic rings. The van der Waals surface area contributed by atoms with E-state index in [-0.39, 0.29) is 0 Å². The predicted octanol–water partition coefficient (Wildman–Crippen LogP) is 2.66. The normalized spacial score (nSPS) is 11.1. The molecule has 13 heavy (non-hydrogen) atoms. The first-order valence-corrected chi connectivity index (χ1v) is 5.66. The van der Waals surface area contributed by atoms with Crippen molar-refractivity contribution in [3.05, 3.63) is 6.54 Å². The SMILES string of the molecule is CCC[CH]NC(CC)NCCCC. The van der Waals surface area contributed by atoms with Gasteiger partial charge in [0.2, 0.25) is 0 Å². The summed E-state index contributed by atoms with van der Waals surface area (Å²) in [5.41, 5.74) is 0. The molecule has 0 fully saturated rings. The molecule has 0 bridgehead atoms. The molecular weight excluding hydrogens is 160 g/mol. The molecule has 0 aromatic rings. The van der Waals surface area contributed by atoms with Crippen LogP contribution >= 0.6 is 0 Å². The Morgan fingerprint density at radius 3 is 2.46 bits per heavy atom. The lowest BCUT2D eigenvalue weighted by atomic mass is 10.3. The van der Waals surface area contributed by atoms with E-state index in [2.05, 4.69) is 37.9 Å². The van der Waals surface area contributed by atoms with E-state index in [1.54, 1.807) is 0 Å². The maximum absolute atomic E-state index is 3.49. The molecule has 79 valence electrons. The number of nitrogens with one attached hydrogen (secondary N) is 2. The van der Waals surface area contributed by atoms with Gasteiger partial charge in [0.1, 0.15) is 0 Å². The molecule has 1 radical (unpaired) electrons. The molecule has 0 amide bonds. The lowest BCUT2D eigenvalue weighted by Gasteiger charge is -2.17. The molecule has 2 nitrogen and oxygen atoms in total. The number of unbranched alkanes of at least 4 members (excludes halogenated alkanes) is 2. The fraction of sp³-hybridized carbons (Fsp3) is 0.909. The highest BCUT2D eigenvalue weighted by atomic mass is 15.1. The standard InChI is InChI=1S/C11H25N2/c1-4-7-9-12-11(6-3)13-10-8-5-2/h9,11-13H,4-8,10H2,1-3H3. The van der Waals surface area contributed by atoms with E-state index in [0.29, 0.717) is 6.17 Å². The van der Waals surface area contributed by atoms with E-state index in [4.69, 9.17) is 0 Å². The molecule has 0 spiro atoms. The van der Waals surface area contributed by atoms with Crippen molar-refractivity contribution >= 4 is 0 Å². The highest BCUT2D eigenvalue weighted by Gasteiger charge is 2.01. The summed E-state index contributed by atoms with van der Waals surface area (Å²) in [4.78, 5) is 0. The summed E-state index contributed by atoms with van der Waals surface area (Å²) in [5.74, 6) is 0. The van der Waals surface area contributed by atoms with E-state index < -0.39 is 0 Å². The summed E-state index contributed by atoms with van der Waals surface area (Å²) in [5, 5.41) is 6.88. The second-order valence-corrected chi connectivity index (χ2v) is 3.43. The third-order valence-electron chi connectivity index (χ3n) is 2.08. The van der Waals surface area contributed by atoms with E-state index in [1.165, 1.54) is 19.3 Å². The van der Waals surface area contributed by atoms with Crippen LogP contribution in [0.2, 0.25) is 0 Å². The van der Waals surface area contributed by atoms with E-state index >= 15 is 0 Å². The first kappa shape index (κ1) is 12.9. The average Bonchev–Trinajstić information content (AvgIpc) is 2.16. The van der Waals surface area contributed by atoms with Crippen molar-refractivity contribution in [1.29, 1.82) is 0 Å². The molecule has 0 saturated heterocycles. The van der Waals surface area contributed by atoms with Gasteiger partial charge in [-0.1, -0.05) is 33.6 Å². The molecule has 0 aromatic heterocycles. The Bertz CT molecular complexity index is 84.1. The molecule has 0 aliphatic heterocycles. The highest BCUT2D eigenvalue weighted by molar-refractivity contribution is 4.69. The Labute approximate surface area is 83.5 Å². The van der Waals surface area contributed by atoms with Crippen LogP contribution in [0.4, 0.5) is 0 Å². The van der Waals surface area contributed by atoms with Gasteiger partial charge in [-0.15, -0.1) is 0 Å². The topological polar surface area (TPSA) is 24.1 Å². The van der Waals surface area contributed by atoms with Crippen molar-refractivity contribution in [1.82, 2.24) is 10.6 Å². The fourth-order valence-corrected chi connectivity index (χ4v) is 1.14. The third-order valence-corrected chi connectivity index (χ3v) is 2.08. The van der Waals surface area contributed by atoms with Crippen LogP contribution in [0.1, 0.15) is 52.9 Å². The number of hydrogen-bond donors (Lipinski definition) is 2. The van der Waals surface area contributed by atoms with Crippen molar-refractivity contribution in [2.45, 2.75) is 59.0 Å². The number of rotatable bonds is 9. The van der Waals surface area contributed by atoms with Crippen LogP contribution in [0.25, 0.3) is 0 Å². The quantitative estimate of drug-likeness (QED) is 0.426. The van der Waals surface area contributed by atoms with Gasteiger partial charge in [0, 0.05) is 6.54 Å². The Hall–Kier alpha value is -0.0800.